The topological polar surface area (TPSA) is 120 Å². The van der Waals surface area contributed by atoms with Crippen LogP contribution in [0.5, 0.6) is 0 Å². The van der Waals surface area contributed by atoms with Crippen molar-refractivity contribution in [3.05, 3.63) is 11.5 Å². The summed E-state index contributed by atoms with van der Waals surface area (Å²) in [6, 6.07) is 2.00. The quantitative estimate of drug-likeness (QED) is 0.483. The maximum absolute atomic E-state index is 11.5. The van der Waals surface area contributed by atoms with Crippen LogP contribution in [0.1, 0.15) is 33.1 Å². The third kappa shape index (κ3) is 2.24. The first-order valence-corrected chi connectivity index (χ1v) is 6.82. The molecule has 2 rings (SSSR count). The van der Waals surface area contributed by atoms with Crippen molar-refractivity contribution in [2.24, 2.45) is 5.41 Å². The number of hydrogen-bond donors (Lipinski definition) is 3. The first-order chi connectivity index (χ1) is 9.78. The largest absolute Gasteiger partial charge is 0.499 e. The van der Waals surface area contributed by atoms with Gasteiger partial charge in [-0.25, -0.2) is 4.79 Å². The first kappa shape index (κ1) is 15.6. The molecule has 1 aliphatic carbocycles. The number of ether oxygens (including phenoxy) is 2. The lowest BCUT2D eigenvalue weighted by molar-refractivity contribution is -0.151. The van der Waals surface area contributed by atoms with Crippen LogP contribution in [-0.4, -0.2) is 45.7 Å². The summed E-state index contributed by atoms with van der Waals surface area (Å²) in [6.07, 6.45) is -0.710. The number of nitriles is 1. The van der Waals surface area contributed by atoms with Crippen molar-refractivity contribution >= 4 is 5.97 Å². The average Bonchev–Trinajstić information content (AvgIpc) is 2.69. The minimum absolute atomic E-state index is 0.149. The summed E-state index contributed by atoms with van der Waals surface area (Å²) in [6.45, 7) is 3.44. The predicted molar refractivity (Wildman–Crippen MR) is 69.7 cm³/mol. The number of nitrogens with zero attached hydrogens (tertiary/aromatic N) is 1. The van der Waals surface area contributed by atoms with E-state index in [1.54, 1.807) is 13.8 Å². The lowest BCUT2D eigenvalue weighted by Gasteiger charge is -2.22. The van der Waals surface area contributed by atoms with Crippen LogP contribution in [0, 0.1) is 16.7 Å². The maximum atomic E-state index is 11.5. The molecular weight excluding hydrogens is 278 g/mol. The molecule has 1 unspecified atom stereocenters. The Bertz CT molecular complexity index is 520. The molecule has 1 fully saturated rings. The van der Waals surface area contributed by atoms with Gasteiger partial charge in [-0.1, -0.05) is 13.8 Å². The molecule has 116 valence electrons. The van der Waals surface area contributed by atoms with Crippen molar-refractivity contribution in [2.45, 2.75) is 50.9 Å². The van der Waals surface area contributed by atoms with Gasteiger partial charge in [0.25, 0.3) is 0 Å². The molecule has 21 heavy (non-hydrogen) atoms. The van der Waals surface area contributed by atoms with Gasteiger partial charge in [0.2, 0.25) is 5.76 Å². The van der Waals surface area contributed by atoms with Crippen molar-refractivity contribution in [3.8, 4) is 6.07 Å². The Morgan fingerprint density at radius 2 is 2.05 bits per heavy atom. The monoisotopic (exact) mass is 297 g/mol. The number of hydrogen-bond acceptors (Lipinski definition) is 7. The van der Waals surface area contributed by atoms with Crippen LogP contribution >= 0.6 is 0 Å². The van der Waals surface area contributed by atoms with Crippen LogP contribution in [-0.2, 0) is 14.3 Å². The lowest BCUT2D eigenvalue weighted by atomic mass is 10.0. The molecule has 0 aromatic rings. The van der Waals surface area contributed by atoms with Crippen LogP contribution in [0.2, 0.25) is 0 Å². The number of carbonyl (C=O) groups excluding carboxylic acids is 1. The molecule has 0 bridgehead atoms. The third-order valence-electron chi connectivity index (χ3n) is 4.28. The van der Waals surface area contributed by atoms with Crippen molar-refractivity contribution in [3.63, 3.8) is 0 Å². The number of aliphatic hydroxyl groups excluding tert-OH is 2. The molecule has 7 nitrogen and oxygen atoms in total. The van der Waals surface area contributed by atoms with Crippen molar-refractivity contribution in [1.29, 1.82) is 5.26 Å². The summed E-state index contributed by atoms with van der Waals surface area (Å²) in [5.41, 5.74) is -2.53. The first-order valence-electron chi connectivity index (χ1n) is 6.82. The van der Waals surface area contributed by atoms with E-state index in [9.17, 15) is 20.1 Å². The Labute approximate surface area is 122 Å². The Hall–Kier alpha value is -1.78. The SMILES string of the molecule is CC1(C)C(O)[C@]1(O)[C@H]1OC(=O)C(O)=C1OCCCCC#N. The second kappa shape index (κ2) is 5.20. The van der Waals surface area contributed by atoms with E-state index in [0.717, 1.165) is 0 Å². The molecule has 0 radical (unpaired) electrons. The average molecular weight is 297 g/mol. The van der Waals surface area contributed by atoms with Crippen molar-refractivity contribution in [1.82, 2.24) is 0 Å². The van der Waals surface area contributed by atoms with Crippen LogP contribution < -0.4 is 0 Å². The lowest BCUT2D eigenvalue weighted by Crippen LogP contribution is -2.37. The number of esters is 1. The summed E-state index contributed by atoms with van der Waals surface area (Å²) < 4.78 is 10.3. The summed E-state index contributed by atoms with van der Waals surface area (Å²) in [5.74, 6) is -1.80. The fraction of sp³-hybridized carbons (Fsp3) is 0.714. The molecule has 7 heteroatoms. The highest BCUT2D eigenvalue weighted by molar-refractivity contribution is 5.89. The molecule has 2 aliphatic rings. The normalized spacial score (nSPS) is 33.6. The van der Waals surface area contributed by atoms with Crippen LogP contribution in [0.15, 0.2) is 11.5 Å². The van der Waals surface area contributed by atoms with Gasteiger partial charge >= 0.3 is 5.97 Å². The van der Waals surface area contributed by atoms with Gasteiger partial charge in [-0.15, -0.1) is 0 Å². The van der Waals surface area contributed by atoms with Gasteiger partial charge in [0.15, 0.2) is 11.9 Å². The van der Waals surface area contributed by atoms with E-state index >= 15 is 0 Å². The van der Waals surface area contributed by atoms with Crippen molar-refractivity contribution < 1.29 is 29.6 Å². The standard InChI is InChI=1S/C14H19NO6/c1-13(2)12(18)14(13,19)10-9(8(16)11(17)21-10)20-7-5-3-4-6-15/h10,12,16,18-19H,3-5,7H2,1-2H3/t10-,12?,14+/m0/s1. The van der Waals surface area contributed by atoms with E-state index in [4.69, 9.17) is 14.7 Å². The van der Waals surface area contributed by atoms with Gasteiger partial charge in [0, 0.05) is 11.8 Å². The van der Waals surface area contributed by atoms with Gasteiger partial charge in [0.05, 0.1) is 18.8 Å². The number of carbonyl (C=O) groups is 1. The highest BCUT2D eigenvalue weighted by Crippen LogP contribution is 2.60. The van der Waals surface area contributed by atoms with E-state index < -0.39 is 35.0 Å². The van der Waals surface area contributed by atoms with Crippen LogP contribution in [0.4, 0.5) is 0 Å². The van der Waals surface area contributed by atoms with Gasteiger partial charge in [-0.05, 0) is 12.8 Å². The van der Waals surface area contributed by atoms with Gasteiger partial charge in [-0.3, -0.25) is 0 Å². The predicted octanol–water partition coefficient (Wildman–Crippen LogP) is 0.524. The van der Waals surface area contributed by atoms with E-state index in [0.29, 0.717) is 19.3 Å². The number of aliphatic hydroxyl groups is 3. The molecule has 3 N–H and O–H groups in total. The molecule has 3 atom stereocenters. The minimum atomic E-state index is -1.67. The fourth-order valence-corrected chi connectivity index (χ4v) is 2.59. The number of cyclic esters (lactones) is 1. The molecule has 0 aromatic carbocycles. The zero-order valence-electron chi connectivity index (χ0n) is 12.0. The molecular formula is C14H19NO6. The molecule has 0 saturated heterocycles. The van der Waals surface area contributed by atoms with Gasteiger partial charge < -0.3 is 24.8 Å². The highest BCUT2D eigenvalue weighted by Gasteiger charge is 2.78. The smallest absolute Gasteiger partial charge is 0.378 e. The second-order valence-corrected chi connectivity index (χ2v) is 5.91. The molecule has 0 amide bonds. The Kier molecular flexibility index (Phi) is 3.87. The van der Waals surface area contributed by atoms with E-state index in [1.165, 1.54) is 0 Å². The minimum Gasteiger partial charge on any atom is -0.499 e. The molecule has 1 heterocycles. The summed E-state index contributed by atoms with van der Waals surface area (Å²) >= 11 is 0. The van der Waals surface area contributed by atoms with Gasteiger partial charge in [0.1, 0.15) is 5.60 Å². The van der Waals surface area contributed by atoms with Crippen LogP contribution in [0.3, 0.4) is 0 Å². The van der Waals surface area contributed by atoms with E-state index in [-0.39, 0.29) is 12.4 Å². The van der Waals surface area contributed by atoms with E-state index in [2.05, 4.69) is 0 Å². The molecule has 1 aliphatic heterocycles. The van der Waals surface area contributed by atoms with Crippen molar-refractivity contribution in [2.75, 3.05) is 6.61 Å². The van der Waals surface area contributed by atoms with E-state index in [1.807, 2.05) is 6.07 Å². The Morgan fingerprint density at radius 3 is 2.57 bits per heavy atom. The summed E-state index contributed by atoms with van der Waals surface area (Å²) in [5, 5.41) is 38.5. The number of rotatable bonds is 6. The fourth-order valence-electron chi connectivity index (χ4n) is 2.59. The zero-order valence-corrected chi connectivity index (χ0v) is 12.0. The molecule has 0 spiro atoms. The molecule has 0 aromatic heterocycles. The summed E-state index contributed by atoms with van der Waals surface area (Å²) in [7, 11) is 0. The maximum Gasteiger partial charge on any atom is 0.378 e. The molecule has 1 saturated carbocycles. The Morgan fingerprint density at radius 1 is 1.43 bits per heavy atom. The summed E-state index contributed by atoms with van der Waals surface area (Å²) in [4.78, 5) is 11.5. The zero-order chi connectivity index (χ0) is 15.8. The second-order valence-electron chi connectivity index (χ2n) is 5.91. The third-order valence-corrected chi connectivity index (χ3v) is 4.28. The number of unbranched alkanes of at least 4 members (excludes halogenated alkanes) is 2. The van der Waals surface area contributed by atoms with Gasteiger partial charge in [-0.2, -0.15) is 5.26 Å². The highest BCUT2D eigenvalue weighted by atomic mass is 16.6. The Balaban J connectivity index is 2.06. The van der Waals surface area contributed by atoms with Crippen LogP contribution in [0.25, 0.3) is 0 Å².